The zero-order chi connectivity index (χ0) is 14.8. The van der Waals surface area contributed by atoms with Crippen molar-refractivity contribution in [2.45, 2.75) is 19.0 Å². The Balaban J connectivity index is 1.65. The van der Waals surface area contributed by atoms with Crippen molar-refractivity contribution in [1.82, 2.24) is 25.6 Å². The van der Waals surface area contributed by atoms with Crippen molar-refractivity contribution in [2.75, 3.05) is 13.1 Å². The van der Waals surface area contributed by atoms with Crippen LogP contribution in [-0.4, -0.2) is 34.0 Å². The molecular weight excluding hydrogens is 334 g/mol. The molecule has 1 fully saturated rings. The second-order valence-corrected chi connectivity index (χ2v) is 6.06. The van der Waals surface area contributed by atoms with Gasteiger partial charge in [0.1, 0.15) is 0 Å². The van der Waals surface area contributed by atoms with Gasteiger partial charge >= 0.3 is 0 Å². The first-order chi connectivity index (χ1) is 10.1. The summed E-state index contributed by atoms with van der Waals surface area (Å²) in [4.78, 5) is 12.2. The first-order valence-corrected chi connectivity index (χ1v) is 7.61. The quantitative estimate of drug-likeness (QED) is 0.880. The Labute approximate surface area is 131 Å². The lowest BCUT2D eigenvalue weighted by molar-refractivity contribution is 0.0934. The number of amides is 1. The molecule has 2 N–H and O–H groups in total. The van der Waals surface area contributed by atoms with Gasteiger partial charge in [-0.15, -0.1) is 5.10 Å². The van der Waals surface area contributed by atoms with E-state index in [4.69, 9.17) is 0 Å². The van der Waals surface area contributed by atoms with Gasteiger partial charge in [0.15, 0.2) is 5.69 Å². The predicted octanol–water partition coefficient (Wildman–Crippen LogP) is 1.68. The molecule has 3 rings (SSSR count). The first-order valence-electron chi connectivity index (χ1n) is 6.82. The van der Waals surface area contributed by atoms with Crippen molar-refractivity contribution < 1.29 is 4.79 Å². The molecule has 1 saturated heterocycles. The van der Waals surface area contributed by atoms with Crippen LogP contribution in [0.25, 0.3) is 0 Å². The molecule has 6 nitrogen and oxygen atoms in total. The lowest BCUT2D eigenvalue weighted by Gasteiger charge is -2.26. The Morgan fingerprint density at radius 1 is 1.43 bits per heavy atom. The van der Waals surface area contributed by atoms with E-state index in [0.29, 0.717) is 11.7 Å². The second-order valence-electron chi connectivity index (χ2n) is 5.14. The fourth-order valence-electron chi connectivity index (χ4n) is 2.13. The van der Waals surface area contributed by atoms with Gasteiger partial charge in [0, 0.05) is 17.6 Å². The van der Waals surface area contributed by atoms with E-state index in [-0.39, 0.29) is 11.9 Å². The minimum atomic E-state index is -0.205. The summed E-state index contributed by atoms with van der Waals surface area (Å²) in [6, 6.07) is 8.09. The van der Waals surface area contributed by atoms with Crippen molar-refractivity contribution in [2.24, 2.45) is 0 Å². The van der Waals surface area contributed by atoms with E-state index in [9.17, 15) is 4.79 Å². The SMILES string of the molecule is CC(NC(=O)c1cn(C2CNC2)nn1)c1ccc(Br)cc1. The van der Waals surface area contributed by atoms with Crippen LogP contribution < -0.4 is 10.6 Å². The largest absolute Gasteiger partial charge is 0.344 e. The molecule has 21 heavy (non-hydrogen) atoms. The van der Waals surface area contributed by atoms with E-state index in [1.807, 2.05) is 31.2 Å². The fraction of sp³-hybridized carbons (Fsp3) is 0.357. The Morgan fingerprint density at radius 2 is 2.14 bits per heavy atom. The molecule has 0 bridgehead atoms. The van der Waals surface area contributed by atoms with Gasteiger partial charge in [0.25, 0.3) is 5.91 Å². The summed E-state index contributed by atoms with van der Waals surface area (Å²) in [5, 5.41) is 14.1. The lowest BCUT2D eigenvalue weighted by Crippen LogP contribution is -2.43. The van der Waals surface area contributed by atoms with Gasteiger partial charge < -0.3 is 10.6 Å². The number of carbonyl (C=O) groups excluding carboxylic acids is 1. The fourth-order valence-corrected chi connectivity index (χ4v) is 2.39. The summed E-state index contributed by atoms with van der Waals surface area (Å²) in [6.45, 7) is 3.70. The molecule has 0 aliphatic carbocycles. The van der Waals surface area contributed by atoms with Crippen molar-refractivity contribution >= 4 is 21.8 Å². The molecule has 110 valence electrons. The molecule has 1 aromatic heterocycles. The van der Waals surface area contributed by atoms with E-state index < -0.39 is 0 Å². The molecule has 0 saturated carbocycles. The van der Waals surface area contributed by atoms with Crippen LogP contribution in [-0.2, 0) is 0 Å². The van der Waals surface area contributed by atoms with Crippen molar-refractivity contribution in [3.05, 3.63) is 46.2 Å². The third-order valence-electron chi connectivity index (χ3n) is 3.59. The second kappa shape index (κ2) is 5.95. The monoisotopic (exact) mass is 349 g/mol. The maximum Gasteiger partial charge on any atom is 0.273 e. The van der Waals surface area contributed by atoms with E-state index in [1.54, 1.807) is 10.9 Å². The number of halogens is 1. The van der Waals surface area contributed by atoms with Gasteiger partial charge in [-0.25, -0.2) is 4.68 Å². The molecule has 1 unspecified atom stereocenters. The highest BCUT2D eigenvalue weighted by Gasteiger charge is 2.22. The summed E-state index contributed by atoms with van der Waals surface area (Å²) in [7, 11) is 0. The summed E-state index contributed by atoms with van der Waals surface area (Å²) >= 11 is 3.40. The molecule has 0 radical (unpaired) electrons. The first kappa shape index (κ1) is 14.2. The van der Waals surface area contributed by atoms with Crippen LogP contribution in [0, 0.1) is 0 Å². The number of aromatic nitrogens is 3. The molecule has 2 heterocycles. The Bertz CT molecular complexity index is 635. The van der Waals surface area contributed by atoms with Crippen LogP contribution in [0.2, 0.25) is 0 Å². The van der Waals surface area contributed by atoms with Crippen molar-refractivity contribution in [3.8, 4) is 0 Å². The number of carbonyl (C=O) groups is 1. The average molecular weight is 350 g/mol. The number of benzene rings is 1. The van der Waals surface area contributed by atoms with Gasteiger partial charge in [0.2, 0.25) is 0 Å². The van der Waals surface area contributed by atoms with Crippen molar-refractivity contribution in [3.63, 3.8) is 0 Å². The maximum atomic E-state index is 12.2. The summed E-state index contributed by atoms with van der Waals surface area (Å²) in [5.74, 6) is -0.205. The molecule has 1 amide bonds. The minimum absolute atomic E-state index is 0.0823. The van der Waals surface area contributed by atoms with Crippen LogP contribution in [0.5, 0.6) is 0 Å². The third-order valence-corrected chi connectivity index (χ3v) is 4.12. The Kier molecular flexibility index (Phi) is 4.03. The molecule has 1 aliphatic heterocycles. The molecule has 1 aliphatic rings. The van der Waals surface area contributed by atoms with E-state index in [2.05, 4.69) is 36.9 Å². The standard InChI is InChI=1S/C14H16BrN5O/c1-9(10-2-4-11(15)5-3-10)17-14(21)13-8-20(19-18-13)12-6-16-7-12/h2-5,8-9,12,16H,6-7H2,1H3,(H,17,21). The third kappa shape index (κ3) is 3.14. The topological polar surface area (TPSA) is 71.8 Å². The average Bonchev–Trinajstić information content (AvgIpc) is 2.86. The van der Waals surface area contributed by atoms with Gasteiger partial charge in [-0.3, -0.25) is 4.79 Å². The minimum Gasteiger partial charge on any atom is -0.344 e. The molecular formula is C14H16BrN5O. The Hall–Kier alpha value is -1.73. The number of rotatable bonds is 4. The van der Waals surface area contributed by atoms with Gasteiger partial charge in [-0.1, -0.05) is 33.3 Å². The highest BCUT2D eigenvalue weighted by Crippen LogP contribution is 2.17. The molecule has 7 heteroatoms. The van der Waals surface area contributed by atoms with Crippen LogP contribution in [0.3, 0.4) is 0 Å². The molecule has 0 spiro atoms. The normalized spacial score (nSPS) is 16.3. The molecule has 1 atom stereocenters. The number of hydrogen-bond acceptors (Lipinski definition) is 4. The summed E-state index contributed by atoms with van der Waals surface area (Å²) in [5.41, 5.74) is 1.40. The predicted molar refractivity (Wildman–Crippen MR) is 82.0 cm³/mol. The number of nitrogens with zero attached hydrogens (tertiary/aromatic N) is 3. The maximum absolute atomic E-state index is 12.2. The molecule has 1 aromatic carbocycles. The van der Waals surface area contributed by atoms with Crippen LogP contribution in [0.4, 0.5) is 0 Å². The van der Waals surface area contributed by atoms with E-state index >= 15 is 0 Å². The van der Waals surface area contributed by atoms with Gasteiger partial charge in [-0.2, -0.15) is 0 Å². The van der Waals surface area contributed by atoms with Gasteiger partial charge in [0.05, 0.1) is 18.3 Å². The lowest BCUT2D eigenvalue weighted by atomic mass is 10.1. The zero-order valence-electron chi connectivity index (χ0n) is 11.6. The van der Waals surface area contributed by atoms with Crippen molar-refractivity contribution in [1.29, 1.82) is 0 Å². The zero-order valence-corrected chi connectivity index (χ0v) is 13.2. The summed E-state index contributed by atoms with van der Waals surface area (Å²) < 4.78 is 2.76. The van der Waals surface area contributed by atoms with Crippen LogP contribution >= 0.6 is 15.9 Å². The van der Waals surface area contributed by atoms with Gasteiger partial charge in [-0.05, 0) is 24.6 Å². The highest BCUT2D eigenvalue weighted by atomic mass is 79.9. The van der Waals surface area contributed by atoms with Crippen LogP contribution in [0.15, 0.2) is 34.9 Å². The van der Waals surface area contributed by atoms with Crippen LogP contribution in [0.1, 0.15) is 35.1 Å². The highest BCUT2D eigenvalue weighted by molar-refractivity contribution is 9.10. The van der Waals surface area contributed by atoms with E-state index in [0.717, 1.165) is 23.1 Å². The smallest absolute Gasteiger partial charge is 0.273 e. The number of nitrogens with one attached hydrogen (secondary N) is 2. The van der Waals surface area contributed by atoms with E-state index in [1.165, 1.54) is 0 Å². The number of hydrogen-bond donors (Lipinski definition) is 2. The molecule has 2 aromatic rings. The Morgan fingerprint density at radius 3 is 2.76 bits per heavy atom. The summed E-state index contributed by atoms with van der Waals surface area (Å²) in [6.07, 6.45) is 1.70.